The topological polar surface area (TPSA) is 37.3 Å². The molecule has 2 heteroatoms. The number of carboxylic acid groups (broad SMARTS) is 1. The smallest absolute Gasteiger partial charge is 0.303 e. The van der Waals surface area contributed by atoms with Crippen LogP contribution in [0.1, 0.15) is 96.8 Å². The Morgan fingerprint density at radius 3 is 1.50 bits per heavy atom. The summed E-state index contributed by atoms with van der Waals surface area (Å²) in [5, 5.41) is 8.51. The average Bonchev–Trinajstić information content (AvgIpc) is 2.61. The second-order valence-electron chi connectivity index (χ2n) is 5.73. The highest BCUT2D eigenvalue weighted by atomic mass is 16.4. The number of unbranched alkanes of at least 4 members (excludes halogenated alkanes) is 11. The van der Waals surface area contributed by atoms with Crippen molar-refractivity contribution in [1.82, 2.24) is 0 Å². The van der Waals surface area contributed by atoms with Gasteiger partial charge in [-0.25, -0.2) is 0 Å². The van der Waals surface area contributed by atoms with Crippen molar-refractivity contribution in [3.8, 4) is 0 Å². The molecule has 142 valence electrons. The predicted molar refractivity (Wildman–Crippen MR) is 110 cm³/mol. The fourth-order valence-corrected chi connectivity index (χ4v) is 2.35. The van der Waals surface area contributed by atoms with E-state index >= 15 is 0 Å². The summed E-state index contributed by atoms with van der Waals surface area (Å²) in [4.78, 5) is 10.3. The molecular weight excluding hydrogens is 296 g/mol. The Hall–Kier alpha value is -1.31. The van der Waals surface area contributed by atoms with E-state index in [0.717, 1.165) is 12.8 Å². The lowest BCUT2D eigenvalue weighted by molar-refractivity contribution is -0.137. The zero-order chi connectivity index (χ0) is 18.9. The maximum Gasteiger partial charge on any atom is 0.303 e. The van der Waals surface area contributed by atoms with E-state index in [1.165, 1.54) is 70.6 Å². The van der Waals surface area contributed by atoms with Crippen LogP contribution in [0.2, 0.25) is 0 Å². The number of rotatable bonds is 15. The van der Waals surface area contributed by atoms with E-state index in [9.17, 15) is 4.79 Å². The van der Waals surface area contributed by atoms with Crippen LogP contribution in [0.25, 0.3) is 0 Å². The number of carboxylic acids is 1. The van der Waals surface area contributed by atoms with Crippen molar-refractivity contribution in [2.24, 2.45) is 0 Å². The molecule has 0 fully saturated rings. The van der Waals surface area contributed by atoms with Gasteiger partial charge in [0.15, 0.2) is 0 Å². The van der Waals surface area contributed by atoms with E-state index in [-0.39, 0.29) is 0 Å². The summed E-state index contributed by atoms with van der Waals surface area (Å²) in [6.45, 7) is 14.3. The first-order valence-electron chi connectivity index (χ1n) is 9.64. The predicted octanol–water partition coefficient (Wildman–Crippen LogP) is 7.71. The maximum absolute atomic E-state index is 10.3. The van der Waals surface area contributed by atoms with E-state index in [0.29, 0.717) is 6.42 Å². The fourth-order valence-electron chi connectivity index (χ4n) is 2.35. The van der Waals surface area contributed by atoms with Gasteiger partial charge in [0.25, 0.3) is 0 Å². The second kappa shape index (κ2) is 29.7. The minimum atomic E-state index is -0.664. The van der Waals surface area contributed by atoms with Crippen LogP contribution in [0.5, 0.6) is 0 Å². The normalized spacial score (nSPS) is 9.71. The van der Waals surface area contributed by atoms with Crippen molar-refractivity contribution in [3.63, 3.8) is 0 Å². The molecule has 0 aliphatic heterocycles. The third-order valence-corrected chi connectivity index (χ3v) is 3.65. The molecule has 2 nitrogen and oxygen atoms in total. The summed E-state index contributed by atoms with van der Waals surface area (Å²) >= 11 is 0. The molecule has 0 aromatic rings. The Kier molecular flexibility index (Phi) is 34.0. The summed E-state index contributed by atoms with van der Waals surface area (Å²) in [5.74, 6) is -0.664. The largest absolute Gasteiger partial charge is 0.481 e. The lowest BCUT2D eigenvalue weighted by atomic mass is 10.1. The van der Waals surface area contributed by atoms with Gasteiger partial charge in [-0.15, -0.1) is 26.3 Å². The van der Waals surface area contributed by atoms with Gasteiger partial charge in [0.05, 0.1) is 0 Å². The number of hydrogen-bond acceptors (Lipinski definition) is 1. The van der Waals surface area contributed by atoms with Gasteiger partial charge in [-0.3, -0.25) is 4.79 Å². The summed E-state index contributed by atoms with van der Waals surface area (Å²) < 4.78 is 0. The lowest BCUT2D eigenvalue weighted by Crippen LogP contribution is -1.93. The minimum Gasteiger partial charge on any atom is -0.481 e. The Bertz CT molecular complexity index is 257. The van der Waals surface area contributed by atoms with Gasteiger partial charge in [0.1, 0.15) is 0 Å². The van der Waals surface area contributed by atoms with Gasteiger partial charge in [-0.2, -0.15) is 0 Å². The zero-order valence-electron chi connectivity index (χ0n) is 16.2. The van der Waals surface area contributed by atoms with Gasteiger partial charge in [0.2, 0.25) is 0 Å². The Morgan fingerprint density at radius 2 is 1.08 bits per heavy atom. The van der Waals surface area contributed by atoms with Crippen LogP contribution in [0, 0.1) is 0 Å². The minimum absolute atomic E-state index is 0.332. The van der Waals surface area contributed by atoms with Crippen LogP contribution in [0.15, 0.2) is 38.5 Å². The van der Waals surface area contributed by atoms with Crippen molar-refractivity contribution >= 4 is 5.97 Å². The first-order valence-corrected chi connectivity index (χ1v) is 9.64. The van der Waals surface area contributed by atoms with Gasteiger partial charge in [-0.1, -0.05) is 70.4 Å². The highest BCUT2D eigenvalue weighted by molar-refractivity contribution is 5.66. The van der Waals surface area contributed by atoms with Gasteiger partial charge in [0, 0.05) is 6.42 Å². The number of carbonyl (C=O) groups is 1. The third-order valence-electron chi connectivity index (χ3n) is 3.65. The Balaban J connectivity index is -0.00000102. The van der Waals surface area contributed by atoms with Crippen LogP contribution < -0.4 is 0 Å². The SMILES string of the molecule is C=C.C=C.CCCCCCCC/C=C\CCCCCCCC(=O)O. The molecule has 0 aliphatic rings. The quantitative estimate of drug-likeness (QED) is 0.245. The second-order valence-corrected chi connectivity index (χ2v) is 5.73. The molecule has 0 radical (unpaired) electrons. The van der Waals surface area contributed by atoms with Crippen LogP contribution in [-0.2, 0) is 4.79 Å². The third kappa shape index (κ3) is 32.6. The van der Waals surface area contributed by atoms with E-state index in [2.05, 4.69) is 45.4 Å². The summed E-state index contributed by atoms with van der Waals surface area (Å²) in [5.41, 5.74) is 0. The van der Waals surface area contributed by atoms with Crippen LogP contribution >= 0.6 is 0 Å². The van der Waals surface area contributed by atoms with E-state index in [4.69, 9.17) is 5.11 Å². The van der Waals surface area contributed by atoms with Crippen molar-refractivity contribution in [2.75, 3.05) is 0 Å². The molecule has 0 unspecified atom stereocenters. The van der Waals surface area contributed by atoms with Crippen molar-refractivity contribution in [2.45, 2.75) is 96.8 Å². The first kappa shape index (κ1) is 27.5. The molecule has 0 aliphatic carbocycles. The molecule has 0 spiro atoms. The molecule has 0 heterocycles. The molecule has 0 aromatic heterocycles. The molecule has 0 saturated carbocycles. The fraction of sp³-hybridized carbons (Fsp3) is 0.682. The van der Waals surface area contributed by atoms with Crippen LogP contribution in [-0.4, -0.2) is 11.1 Å². The maximum atomic E-state index is 10.3. The monoisotopic (exact) mass is 338 g/mol. The molecule has 0 rings (SSSR count). The molecule has 0 amide bonds. The lowest BCUT2D eigenvalue weighted by Gasteiger charge is -1.99. The van der Waals surface area contributed by atoms with Crippen molar-refractivity contribution < 1.29 is 9.90 Å². The Labute approximate surface area is 151 Å². The van der Waals surface area contributed by atoms with Crippen LogP contribution in [0.3, 0.4) is 0 Å². The summed E-state index contributed by atoms with van der Waals surface area (Å²) in [7, 11) is 0. The van der Waals surface area contributed by atoms with E-state index in [1.54, 1.807) is 0 Å². The van der Waals surface area contributed by atoms with Gasteiger partial charge < -0.3 is 5.11 Å². The Morgan fingerprint density at radius 1 is 0.708 bits per heavy atom. The molecule has 1 N–H and O–H groups in total. The highest BCUT2D eigenvalue weighted by Crippen LogP contribution is 2.09. The summed E-state index contributed by atoms with van der Waals surface area (Å²) in [6, 6.07) is 0. The van der Waals surface area contributed by atoms with E-state index < -0.39 is 5.97 Å². The number of hydrogen-bond donors (Lipinski definition) is 1. The highest BCUT2D eigenvalue weighted by Gasteiger charge is 1.95. The molecule has 0 aromatic carbocycles. The standard InChI is InChI=1S/C18H34O2.2C2H4/c1-2-3-4-5-6-7-8-9-10-11-12-13-14-15-16-17-18(19)20;2*1-2/h9-10H,2-8,11-17H2,1H3,(H,19,20);2*1-2H2/b10-9-;;. The average molecular weight is 339 g/mol. The van der Waals surface area contributed by atoms with Crippen molar-refractivity contribution in [3.05, 3.63) is 38.5 Å². The molecule has 0 atom stereocenters. The van der Waals surface area contributed by atoms with Crippen LogP contribution in [0.4, 0.5) is 0 Å². The van der Waals surface area contributed by atoms with Gasteiger partial charge in [-0.05, 0) is 32.1 Å². The van der Waals surface area contributed by atoms with Crippen molar-refractivity contribution in [1.29, 1.82) is 0 Å². The number of allylic oxidation sites excluding steroid dienone is 2. The first-order chi connectivity index (χ1) is 11.8. The zero-order valence-corrected chi connectivity index (χ0v) is 16.2. The molecule has 0 saturated heterocycles. The van der Waals surface area contributed by atoms with E-state index in [1.807, 2.05) is 0 Å². The van der Waals surface area contributed by atoms with Gasteiger partial charge >= 0.3 is 5.97 Å². The number of aliphatic carboxylic acids is 1. The summed E-state index contributed by atoms with van der Waals surface area (Å²) in [6.07, 6.45) is 21.2. The molecule has 24 heavy (non-hydrogen) atoms. The molecular formula is C22H42O2. The molecule has 0 bridgehead atoms.